The molecule has 0 aromatic heterocycles. The third-order valence-corrected chi connectivity index (χ3v) is 12.4. The normalized spacial score (nSPS) is 14.0. The molecule has 11 heteroatoms. The van der Waals surface area contributed by atoms with Gasteiger partial charge in [-0.05, 0) is 51.4 Å². The van der Waals surface area contributed by atoms with Gasteiger partial charge < -0.3 is 24.6 Å². The molecule has 0 spiro atoms. The van der Waals surface area contributed by atoms with Gasteiger partial charge in [-0.25, -0.2) is 4.57 Å². The highest BCUT2D eigenvalue weighted by Gasteiger charge is 2.27. The average Bonchev–Trinajstić information content (AvgIpc) is 3.30. The van der Waals surface area contributed by atoms with Gasteiger partial charge in [0.2, 0.25) is 0 Å². The van der Waals surface area contributed by atoms with Gasteiger partial charge in [0.15, 0.2) is 6.10 Å². The second-order valence-corrected chi connectivity index (χ2v) is 19.3. The Labute approximate surface area is 398 Å². The molecule has 0 saturated carbocycles. The largest absolute Gasteiger partial charge is 0.472 e. The standard InChI is InChI=1S/C54H99O10P/c1-3-5-7-9-11-13-15-17-19-21-23-24-25-26-28-29-31-33-35-37-39-41-43-45-53(57)61-49-52(50-63-65(59,60)62-48-51(56)47-55)64-54(58)46-44-42-40-38-36-34-32-30-27-22-20-18-16-14-12-10-8-6-4-2/h6,8,12,14,18,20,27,30,51-52,55-56H,3-5,7,9-11,13,15-17,19,21-26,28-29,31-50H2,1-2H3,(H,59,60)/b8-6-,14-12-,20-18-,30-27-. The fourth-order valence-electron chi connectivity index (χ4n) is 7.46. The van der Waals surface area contributed by atoms with Crippen molar-refractivity contribution in [2.24, 2.45) is 0 Å². The van der Waals surface area contributed by atoms with Crippen LogP contribution in [0.4, 0.5) is 0 Å². The summed E-state index contributed by atoms with van der Waals surface area (Å²) in [6, 6.07) is 0. The molecule has 10 nitrogen and oxygen atoms in total. The first-order valence-electron chi connectivity index (χ1n) is 26.6. The minimum Gasteiger partial charge on any atom is -0.462 e. The first kappa shape index (κ1) is 62.9. The number of phosphoric acid groups is 1. The van der Waals surface area contributed by atoms with Crippen LogP contribution in [0, 0.1) is 0 Å². The Morgan fingerprint density at radius 1 is 0.477 bits per heavy atom. The van der Waals surface area contributed by atoms with E-state index in [9.17, 15) is 24.2 Å². The third kappa shape index (κ3) is 49.7. The van der Waals surface area contributed by atoms with Crippen LogP contribution in [0.2, 0.25) is 0 Å². The number of ether oxygens (including phenoxy) is 2. The Bertz CT molecular complexity index is 1220. The smallest absolute Gasteiger partial charge is 0.462 e. The Balaban J connectivity index is 4.14. The Kier molecular flexibility index (Phi) is 48.2. The van der Waals surface area contributed by atoms with Crippen molar-refractivity contribution in [2.75, 3.05) is 26.4 Å². The summed E-state index contributed by atoms with van der Waals surface area (Å²) in [7, 11) is -4.63. The molecule has 0 aliphatic carbocycles. The van der Waals surface area contributed by atoms with Crippen molar-refractivity contribution in [1.82, 2.24) is 0 Å². The number of carbonyl (C=O) groups excluding carboxylic acids is 2. The van der Waals surface area contributed by atoms with E-state index in [0.29, 0.717) is 12.8 Å². The number of hydrogen-bond acceptors (Lipinski definition) is 9. The van der Waals surface area contributed by atoms with Crippen molar-refractivity contribution >= 4 is 19.8 Å². The SMILES string of the molecule is CC/C=C\C/C=C\C/C=C\C/C=C\CCCCCCCCC(=O)OC(COC(=O)CCCCCCCCCCCCCCCCCCCCCCCCC)COP(=O)(O)OCC(O)CO. The van der Waals surface area contributed by atoms with Crippen LogP contribution < -0.4 is 0 Å². The lowest BCUT2D eigenvalue weighted by Gasteiger charge is -2.20. The minimum absolute atomic E-state index is 0.169. The highest BCUT2D eigenvalue weighted by Crippen LogP contribution is 2.43. The fraction of sp³-hybridized carbons (Fsp3) is 0.815. The molecule has 65 heavy (non-hydrogen) atoms. The van der Waals surface area contributed by atoms with Crippen LogP contribution in [0.5, 0.6) is 0 Å². The predicted octanol–water partition coefficient (Wildman–Crippen LogP) is 15.2. The molecule has 0 aliphatic rings. The molecule has 3 N–H and O–H groups in total. The van der Waals surface area contributed by atoms with E-state index in [4.69, 9.17) is 23.6 Å². The van der Waals surface area contributed by atoms with E-state index in [2.05, 4.69) is 62.5 Å². The maximum atomic E-state index is 12.7. The van der Waals surface area contributed by atoms with Crippen molar-refractivity contribution in [3.05, 3.63) is 48.6 Å². The zero-order chi connectivity index (χ0) is 47.6. The van der Waals surface area contributed by atoms with E-state index in [0.717, 1.165) is 83.5 Å². The fourth-order valence-corrected chi connectivity index (χ4v) is 8.25. The van der Waals surface area contributed by atoms with Gasteiger partial charge >= 0.3 is 19.8 Å². The molecular formula is C54H99O10P. The van der Waals surface area contributed by atoms with E-state index in [1.54, 1.807) is 0 Å². The molecule has 0 aromatic rings. The number of hydrogen-bond donors (Lipinski definition) is 3. The zero-order valence-corrected chi connectivity index (χ0v) is 42.6. The van der Waals surface area contributed by atoms with Crippen LogP contribution in [0.1, 0.15) is 245 Å². The summed E-state index contributed by atoms with van der Waals surface area (Å²) in [6.45, 7) is 2.30. The van der Waals surface area contributed by atoms with E-state index < -0.39 is 51.8 Å². The number of aliphatic hydroxyl groups excluding tert-OH is 2. The summed E-state index contributed by atoms with van der Waals surface area (Å²) < 4.78 is 32.9. The number of aliphatic hydroxyl groups is 2. The van der Waals surface area contributed by atoms with E-state index in [1.165, 1.54) is 122 Å². The van der Waals surface area contributed by atoms with Crippen LogP contribution in [0.25, 0.3) is 0 Å². The van der Waals surface area contributed by atoms with E-state index in [1.807, 2.05) is 0 Å². The van der Waals surface area contributed by atoms with Gasteiger partial charge in [-0.3, -0.25) is 18.6 Å². The monoisotopic (exact) mass is 939 g/mol. The molecule has 3 unspecified atom stereocenters. The van der Waals surface area contributed by atoms with Gasteiger partial charge in [0.05, 0.1) is 19.8 Å². The summed E-state index contributed by atoms with van der Waals surface area (Å²) in [5.41, 5.74) is 0. The number of carbonyl (C=O) groups is 2. The third-order valence-electron chi connectivity index (χ3n) is 11.5. The highest BCUT2D eigenvalue weighted by molar-refractivity contribution is 7.47. The van der Waals surface area contributed by atoms with Crippen LogP contribution in [0.3, 0.4) is 0 Å². The van der Waals surface area contributed by atoms with Gasteiger partial charge in [-0.1, -0.05) is 229 Å². The van der Waals surface area contributed by atoms with Gasteiger partial charge in [-0.15, -0.1) is 0 Å². The molecule has 0 radical (unpaired) electrons. The van der Waals surface area contributed by atoms with Crippen molar-refractivity contribution in [1.29, 1.82) is 0 Å². The Morgan fingerprint density at radius 2 is 0.846 bits per heavy atom. The van der Waals surface area contributed by atoms with Gasteiger partial charge in [-0.2, -0.15) is 0 Å². The molecule has 0 aliphatic heterocycles. The Morgan fingerprint density at radius 3 is 1.28 bits per heavy atom. The van der Waals surface area contributed by atoms with Crippen LogP contribution in [0.15, 0.2) is 48.6 Å². The molecule has 3 atom stereocenters. The van der Waals surface area contributed by atoms with Gasteiger partial charge in [0, 0.05) is 12.8 Å². The summed E-state index contributed by atoms with van der Waals surface area (Å²) in [4.78, 5) is 35.2. The quantitative estimate of drug-likeness (QED) is 0.0233. The minimum atomic E-state index is -4.63. The number of rotatable bonds is 50. The molecule has 0 bridgehead atoms. The first-order valence-corrected chi connectivity index (χ1v) is 28.1. The van der Waals surface area contributed by atoms with Crippen molar-refractivity contribution in [3.63, 3.8) is 0 Å². The maximum Gasteiger partial charge on any atom is 0.472 e. The van der Waals surface area contributed by atoms with E-state index >= 15 is 0 Å². The molecule has 380 valence electrons. The summed E-state index contributed by atoms with van der Waals surface area (Å²) >= 11 is 0. The average molecular weight is 939 g/mol. The molecule has 0 heterocycles. The van der Waals surface area contributed by atoms with Crippen LogP contribution >= 0.6 is 7.82 Å². The molecular weight excluding hydrogens is 840 g/mol. The number of allylic oxidation sites excluding steroid dienone is 8. The van der Waals surface area contributed by atoms with E-state index in [-0.39, 0.29) is 19.4 Å². The highest BCUT2D eigenvalue weighted by atomic mass is 31.2. The molecule has 0 aromatic carbocycles. The summed E-state index contributed by atoms with van der Waals surface area (Å²) in [5, 5.41) is 18.4. The second-order valence-electron chi connectivity index (χ2n) is 17.9. The summed E-state index contributed by atoms with van der Waals surface area (Å²) in [5.74, 6) is -0.931. The lowest BCUT2D eigenvalue weighted by molar-refractivity contribution is -0.161. The number of phosphoric ester groups is 1. The molecule has 0 fully saturated rings. The second kappa shape index (κ2) is 49.8. The zero-order valence-electron chi connectivity index (χ0n) is 41.7. The Hall–Kier alpha value is -2.07. The predicted molar refractivity (Wildman–Crippen MR) is 270 cm³/mol. The van der Waals surface area contributed by atoms with Crippen molar-refractivity contribution < 1.29 is 47.8 Å². The lowest BCUT2D eigenvalue weighted by Crippen LogP contribution is -2.29. The van der Waals surface area contributed by atoms with Crippen molar-refractivity contribution in [3.8, 4) is 0 Å². The topological polar surface area (TPSA) is 149 Å². The van der Waals surface area contributed by atoms with Crippen molar-refractivity contribution in [2.45, 2.75) is 257 Å². The number of unbranched alkanes of at least 4 members (excludes halogenated alkanes) is 28. The maximum absolute atomic E-state index is 12.7. The van der Waals surface area contributed by atoms with Crippen LogP contribution in [-0.4, -0.2) is 65.7 Å². The van der Waals surface area contributed by atoms with Gasteiger partial charge in [0.1, 0.15) is 12.7 Å². The number of esters is 2. The molecule has 0 saturated heterocycles. The van der Waals surface area contributed by atoms with Gasteiger partial charge in [0.25, 0.3) is 0 Å². The lowest BCUT2D eigenvalue weighted by atomic mass is 10.0. The molecule has 0 amide bonds. The first-order chi connectivity index (χ1) is 31.7. The molecule has 0 rings (SSSR count). The summed E-state index contributed by atoms with van der Waals surface area (Å²) in [6.07, 6.45) is 56.5. The van der Waals surface area contributed by atoms with Crippen LogP contribution in [-0.2, 0) is 32.7 Å².